The predicted octanol–water partition coefficient (Wildman–Crippen LogP) is 22.0. The Labute approximate surface area is 636 Å². The molecule has 10 rings (SSSR count). The molecular formula is C80H80F5O15S5. The van der Waals surface area contributed by atoms with Crippen molar-refractivity contribution in [1.29, 1.82) is 0 Å². The third-order valence-electron chi connectivity index (χ3n) is 13.0. The third kappa shape index (κ3) is 34.9. The van der Waals surface area contributed by atoms with E-state index in [2.05, 4.69) is 0 Å². The third-order valence-corrected chi connectivity index (χ3v) is 14.3. The van der Waals surface area contributed by atoms with Crippen molar-refractivity contribution in [2.24, 2.45) is 0 Å². The van der Waals surface area contributed by atoms with Crippen molar-refractivity contribution in [2.45, 2.75) is 91.2 Å². The molecule has 25 heteroatoms. The van der Waals surface area contributed by atoms with E-state index in [1.807, 2.05) is 34.6 Å². The Bertz CT molecular complexity index is 3460. The SMILES string of the molecule is CCCOc1ccc(C(=O)Oc2ccc([S])cc2)cc1.CCCOc1ccc(C(=O)Oc2ccc([S])cc2)cc1.CCCOc1ccc(C(=O)Oc2ccc([S])cc2)cc1.CCCOc1ccc(C(=O)Oc2ccc([S])cc2)cc1.CCCOc1ccc(C(=O)Oc2ccc([S])cc2)cc1.F.F.F.F.F. The molecule has 5 radical (unpaired) electrons. The molecule has 0 heterocycles. The average molecular weight is 1540 g/mol. The van der Waals surface area contributed by atoms with Gasteiger partial charge in [0.15, 0.2) is 0 Å². The number of esters is 5. The number of rotatable bonds is 25. The Balaban J connectivity index is 0.000000649. The van der Waals surface area contributed by atoms with Crippen molar-refractivity contribution in [3.05, 3.63) is 270 Å². The standard InChI is InChI=1S/5C16H15O3S.5FH/c5*1-2-11-18-13-5-3-12(4-6-13)16(17)19-14-7-9-15(20)10-8-14;;;;;/h5*3-10H,2,11H2,1H3;5*1H. The lowest BCUT2D eigenvalue weighted by Crippen LogP contribution is -2.08. The van der Waals surface area contributed by atoms with Gasteiger partial charge in [0, 0.05) is 24.5 Å². The second-order valence-electron chi connectivity index (χ2n) is 21.2. The molecule has 555 valence electrons. The largest absolute Gasteiger partial charge is 0.494 e. The lowest BCUT2D eigenvalue weighted by molar-refractivity contribution is 0.0725. The maximum Gasteiger partial charge on any atom is 0.343 e. The van der Waals surface area contributed by atoms with E-state index < -0.39 is 29.8 Å². The second-order valence-corrected chi connectivity index (χ2v) is 23.5. The van der Waals surface area contributed by atoms with E-state index in [-0.39, 0.29) is 23.5 Å². The van der Waals surface area contributed by atoms with Crippen LogP contribution in [0.3, 0.4) is 0 Å². The van der Waals surface area contributed by atoms with Crippen molar-refractivity contribution in [3.8, 4) is 57.5 Å². The molecule has 15 nitrogen and oxygen atoms in total. The van der Waals surface area contributed by atoms with Gasteiger partial charge in [0.2, 0.25) is 0 Å². The minimum Gasteiger partial charge on any atom is -0.494 e. The van der Waals surface area contributed by atoms with E-state index in [1.165, 1.54) is 0 Å². The Morgan fingerprint density at radius 3 is 0.429 bits per heavy atom. The molecule has 0 unspecified atom stereocenters. The van der Waals surface area contributed by atoms with E-state index in [9.17, 15) is 24.0 Å². The average Bonchev–Trinajstić information content (AvgIpc) is 0.894. The molecule has 0 saturated heterocycles. The molecule has 0 bridgehead atoms. The molecule has 10 aromatic carbocycles. The normalized spacial score (nSPS) is 9.57. The zero-order valence-corrected chi connectivity index (χ0v) is 62.0. The van der Waals surface area contributed by atoms with E-state index in [0.717, 1.165) is 60.9 Å². The number of carbonyl (C=O) groups excluding carboxylic acids is 5. The maximum absolute atomic E-state index is 11.9. The summed E-state index contributed by atoms with van der Waals surface area (Å²) >= 11 is 24.9. The molecule has 0 saturated carbocycles. The van der Waals surface area contributed by atoms with Crippen LogP contribution in [0.1, 0.15) is 119 Å². The summed E-state index contributed by atoms with van der Waals surface area (Å²) < 4.78 is 53.5. The van der Waals surface area contributed by atoms with Gasteiger partial charge in [-0.25, -0.2) is 24.0 Å². The lowest BCUT2D eigenvalue weighted by Gasteiger charge is -2.06. The highest BCUT2D eigenvalue weighted by molar-refractivity contribution is 7.81. The van der Waals surface area contributed by atoms with E-state index >= 15 is 0 Å². The van der Waals surface area contributed by atoms with Crippen LogP contribution < -0.4 is 47.4 Å². The van der Waals surface area contributed by atoms with Crippen LogP contribution in [0.4, 0.5) is 23.5 Å². The van der Waals surface area contributed by atoms with Gasteiger partial charge >= 0.3 is 29.8 Å². The summed E-state index contributed by atoms with van der Waals surface area (Å²) in [7, 11) is 0. The van der Waals surface area contributed by atoms with Gasteiger partial charge in [-0.05, 0) is 275 Å². The van der Waals surface area contributed by atoms with Crippen LogP contribution in [-0.2, 0) is 0 Å². The number of carbonyl (C=O) groups is 5. The van der Waals surface area contributed by atoms with Crippen LogP contribution in [0.5, 0.6) is 57.5 Å². The fourth-order valence-corrected chi connectivity index (χ4v) is 8.58. The monoisotopic (exact) mass is 1540 g/mol. The van der Waals surface area contributed by atoms with Gasteiger partial charge in [-0.15, -0.1) is 0 Å². The van der Waals surface area contributed by atoms with Crippen LogP contribution in [-0.4, -0.2) is 62.9 Å². The molecule has 0 N–H and O–H groups in total. The number of benzene rings is 10. The zero-order chi connectivity index (χ0) is 71.9. The van der Waals surface area contributed by atoms with Crippen LogP contribution in [0, 0.1) is 0 Å². The summed E-state index contributed by atoms with van der Waals surface area (Å²) in [5.74, 6) is 4.16. The molecular weight excluding hydrogens is 1460 g/mol. The van der Waals surface area contributed by atoms with Gasteiger partial charge in [0.05, 0.1) is 60.9 Å². The lowest BCUT2D eigenvalue weighted by atomic mass is 10.2. The molecule has 0 aliphatic carbocycles. The fourth-order valence-electron chi connectivity index (χ4n) is 7.90. The van der Waals surface area contributed by atoms with Crippen molar-refractivity contribution in [1.82, 2.24) is 0 Å². The highest BCUT2D eigenvalue weighted by Gasteiger charge is 2.14. The van der Waals surface area contributed by atoms with Crippen LogP contribution in [0.25, 0.3) is 0 Å². The summed E-state index contributed by atoms with van der Waals surface area (Å²) in [5, 5.41) is 0. The highest BCUT2D eigenvalue weighted by Crippen LogP contribution is 2.24. The van der Waals surface area contributed by atoms with Gasteiger partial charge < -0.3 is 47.4 Å². The highest BCUT2D eigenvalue weighted by atomic mass is 32.1. The Kier molecular flexibility index (Phi) is 45.2. The molecule has 0 amide bonds. The topological polar surface area (TPSA) is 178 Å². The maximum atomic E-state index is 11.9. The van der Waals surface area contributed by atoms with Crippen molar-refractivity contribution >= 4 is 93.0 Å². The second kappa shape index (κ2) is 51.4. The summed E-state index contributed by atoms with van der Waals surface area (Å²) in [6, 6.07) is 68.5. The molecule has 0 aromatic heterocycles. The van der Waals surface area contributed by atoms with Gasteiger partial charge in [-0.3, -0.25) is 23.5 Å². The number of hydrogen-bond acceptors (Lipinski definition) is 15. The molecule has 10 aromatic rings. The molecule has 0 aliphatic heterocycles. The van der Waals surface area contributed by atoms with Gasteiger partial charge in [-0.1, -0.05) is 97.8 Å². The van der Waals surface area contributed by atoms with Crippen molar-refractivity contribution in [2.75, 3.05) is 33.0 Å². The van der Waals surface area contributed by atoms with E-state index in [0.29, 0.717) is 114 Å². The zero-order valence-electron chi connectivity index (χ0n) is 57.9. The predicted molar refractivity (Wildman–Crippen MR) is 410 cm³/mol. The van der Waals surface area contributed by atoms with Gasteiger partial charge in [0.25, 0.3) is 0 Å². The fraction of sp³-hybridized carbons (Fsp3) is 0.188. The van der Waals surface area contributed by atoms with Crippen LogP contribution in [0.2, 0.25) is 0 Å². The number of halogens is 5. The number of hydrogen-bond donors (Lipinski definition) is 0. The Hall–Kier alpha value is -10.7. The summed E-state index contributed by atoms with van der Waals surface area (Å²) in [5.41, 5.74) is 2.41. The van der Waals surface area contributed by atoms with E-state index in [1.54, 1.807) is 243 Å². The molecule has 0 spiro atoms. The quantitative estimate of drug-likeness (QED) is 0.0300. The molecule has 105 heavy (non-hydrogen) atoms. The molecule has 0 atom stereocenters. The Morgan fingerprint density at radius 2 is 0.314 bits per heavy atom. The first-order chi connectivity index (χ1) is 48.4. The first kappa shape index (κ1) is 92.3. The smallest absolute Gasteiger partial charge is 0.343 e. The summed E-state index contributed by atoms with van der Waals surface area (Å²) in [4.78, 5) is 63.2. The number of ether oxygens (including phenoxy) is 10. The Morgan fingerprint density at radius 1 is 0.200 bits per heavy atom. The van der Waals surface area contributed by atoms with Gasteiger partial charge in [-0.2, -0.15) is 0 Å². The van der Waals surface area contributed by atoms with Crippen molar-refractivity contribution < 1.29 is 94.9 Å². The molecule has 0 fully saturated rings. The van der Waals surface area contributed by atoms with Crippen LogP contribution in [0.15, 0.2) is 267 Å². The minimum absolute atomic E-state index is 0. The molecule has 0 aliphatic rings. The summed E-state index contributed by atoms with van der Waals surface area (Å²) in [6.07, 6.45) is 4.74. The summed E-state index contributed by atoms with van der Waals surface area (Å²) in [6.45, 7) is 13.5. The first-order valence-corrected chi connectivity index (χ1v) is 34.1. The minimum atomic E-state index is -0.399. The van der Waals surface area contributed by atoms with Crippen molar-refractivity contribution in [3.63, 3.8) is 0 Å². The van der Waals surface area contributed by atoms with Crippen LogP contribution >= 0.6 is 63.1 Å². The first-order valence-electron chi connectivity index (χ1n) is 32.0. The van der Waals surface area contributed by atoms with E-state index in [4.69, 9.17) is 111 Å². The van der Waals surface area contributed by atoms with Gasteiger partial charge in [0.1, 0.15) is 57.5 Å².